The van der Waals surface area contributed by atoms with Crippen LogP contribution in [-0.2, 0) is 8.89 Å². The fourth-order valence-corrected chi connectivity index (χ4v) is 172. The van der Waals surface area contributed by atoms with E-state index in [2.05, 4.69) is 34.6 Å². The fraction of sp³-hybridized carbons (Fsp3) is 1.00. The van der Waals surface area contributed by atoms with Crippen LogP contribution in [0.3, 0.4) is 0 Å². The molecule has 10 heterocycles. The minimum atomic E-state index is -3.53. The van der Waals surface area contributed by atoms with Crippen molar-refractivity contribution in [1.29, 1.82) is 0 Å². The second-order valence-corrected chi connectivity index (χ2v) is 48.2. The van der Waals surface area contributed by atoms with E-state index in [1.807, 2.05) is 0 Å². The van der Waals surface area contributed by atoms with Crippen LogP contribution in [0.4, 0.5) is 0 Å². The van der Waals surface area contributed by atoms with Crippen LogP contribution in [0.2, 0.25) is 39.7 Å². The van der Waals surface area contributed by atoms with Crippen molar-refractivity contribution < 1.29 is 8.89 Å². The first kappa shape index (κ1) is 9.34. The Morgan fingerprint density at radius 3 is 0.667 bits per heavy atom. The van der Waals surface area contributed by atoms with Gasteiger partial charge in [0, 0.05) is 0 Å². The molecular formula is C15H22Cl2Ti. The topological polar surface area (TPSA) is 0 Å². The maximum Gasteiger partial charge on any atom is -0.147 e. The molecular weight excluding hydrogens is 299 g/mol. The largest absolute Gasteiger partial charge is 0.147 e. The smallest absolute Gasteiger partial charge is 0.147 e. The molecule has 0 unspecified atom stereocenters. The van der Waals surface area contributed by atoms with Crippen molar-refractivity contribution >= 4 is 24.8 Å². The Balaban J connectivity index is 0.000000347. The third kappa shape index (κ3) is 0.0624. The van der Waals surface area contributed by atoms with E-state index in [9.17, 15) is 0 Å². The molecule has 3 heteroatoms. The molecule has 10 aliphatic rings. The summed E-state index contributed by atoms with van der Waals surface area (Å²) >= 11 is 0. The maximum atomic E-state index is 2.86. The van der Waals surface area contributed by atoms with Crippen LogP contribution in [0.15, 0.2) is 0 Å². The SMILES string of the molecule is C[C]12[C]3(C)[C]4(C)[C]5(C)[C]1(C)[Ti]23451678[CH]2[CH]1[CH]6[CH]7[CH]28.Cl.Cl. The summed E-state index contributed by atoms with van der Waals surface area (Å²) in [5, 5.41) is 0. The first-order valence-electron chi connectivity index (χ1n) is 8.11. The molecule has 0 atom stereocenters. The van der Waals surface area contributed by atoms with Gasteiger partial charge in [0.15, 0.2) is 0 Å². The summed E-state index contributed by atoms with van der Waals surface area (Å²) in [6.07, 6.45) is 0. The number of hydrogen-bond acceptors (Lipinski definition) is 0. The first-order chi connectivity index (χ1) is 7.12. The summed E-state index contributed by atoms with van der Waals surface area (Å²) in [6.45, 7) is 14.3. The van der Waals surface area contributed by atoms with E-state index in [0.29, 0.717) is 0 Å². The molecule has 0 aliphatic carbocycles. The summed E-state index contributed by atoms with van der Waals surface area (Å²) in [7, 11) is -3.53. The molecule has 10 rings (SSSR count). The minimum absolute atomic E-state index is 0. The van der Waals surface area contributed by atoms with Gasteiger partial charge in [0.2, 0.25) is 0 Å². The fourth-order valence-electron chi connectivity index (χ4n) is 33.3. The van der Waals surface area contributed by atoms with Crippen molar-refractivity contribution in [3.63, 3.8) is 0 Å². The van der Waals surface area contributed by atoms with Crippen LogP contribution in [0, 0.1) is 0 Å². The van der Waals surface area contributed by atoms with Crippen molar-refractivity contribution in [3.05, 3.63) is 0 Å². The van der Waals surface area contributed by atoms with Crippen LogP contribution < -0.4 is 0 Å². The molecule has 0 nitrogen and oxygen atoms in total. The van der Waals surface area contributed by atoms with Crippen LogP contribution in [0.25, 0.3) is 0 Å². The van der Waals surface area contributed by atoms with Gasteiger partial charge in [-0.2, -0.15) is 0 Å². The number of hydrogen-bond donors (Lipinski definition) is 0. The van der Waals surface area contributed by atoms with Crippen molar-refractivity contribution in [3.8, 4) is 0 Å². The normalized spacial score (nSPS) is 129. The van der Waals surface area contributed by atoms with Gasteiger partial charge in [0.25, 0.3) is 0 Å². The zero-order chi connectivity index (χ0) is 10.7. The number of rotatable bonds is 0. The molecule has 10 aliphatic heterocycles. The molecule has 0 amide bonds. The van der Waals surface area contributed by atoms with Gasteiger partial charge >= 0.3 is 83.2 Å². The van der Waals surface area contributed by atoms with Gasteiger partial charge in [-0.1, -0.05) is 0 Å². The Morgan fingerprint density at radius 2 is 0.667 bits per heavy atom. The Kier molecular flexibility index (Phi) is 0.341. The van der Waals surface area contributed by atoms with Gasteiger partial charge < -0.3 is 0 Å². The van der Waals surface area contributed by atoms with Gasteiger partial charge in [0.1, 0.15) is 0 Å². The Labute approximate surface area is 107 Å². The molecule has 0 radical (unpaired) electrons. The van der Waals surface area contributed by atoms with Crippen molar-refractivity contribution in [2.45, 2.75) is 74.3 Å². The van der Waals surface area contributed by atoms with Crippen LogP contribution >= 0.6 is 24.8 Å². The van der Waals surface area contributed by atoms with Crippen molar-refractivity contribution in [2.75, 3.05) is 0 Å². The van der Waals surface area contributed by atoms with Crippen LogP contribution in [0.5, 0.6) is 0 Å². The zero-order valence-electron chi connectivity index (χ0n) is 11.7. The molecule has 0 aromatic rings. The van der Waals surface area contributed by atoms with E-state index in [0.717, 1.165) is 18.6 Å². The molecule has 1 spiro atoms. The predicted molar refractivity (Wildman–Crippen MR) is 75.1 cm³/mol. The molecule has 0 aromatic carbocycles. The van der Waals surface area contributed by atoms with Crippen LogP contribution in [-0.4, -0.2) is 0 Å². The monoisotopic (exact) mass is 320 g/mol. The zero-order valence-corrected chi connectivity index (χ0v) is 14.9. The van der Waals surface area contributed by atoms with Gasteiger partial charge in [-0.3, -0.25) is 0 Å². The van der Waals surface area contributed by atoms with E-state index in [4.69, 9.17) is 0 Å². The first-order valence-corrected chi connectivity index (χ1v) is 16.5. The van der Waals surface area contributed by atoms with E-state index in [-0.39, 0.29) is 24.8 Å². The number of halogens is 2. The minimum Gasteiger partial charge on any atom is -0.147 e. The summed E-state index contributed by atoms with van der Waals surface area (Å²) in [6, 6.07) is 0. The second-order valence-electron chi connectivity index (χ2n) is 14.8. The third-order valence-electron chi connectivity index (χ3n) is 26.3. The maximum absolute atomic E-state index is 3.53. The Morgan fingerprint density at radius 1 is 0.500 bits per heavy atom. The average Bonchev–Trinajstić information content (AvgIpc) is 3.19. The summed E-state index contributed by atoms with van der Waals surface area (Å²) in [5.74, 6) is 0. The standard InChI is InChI=1S/C10H15.C5H5.2ClH.Ti/c1-6-7(2)9(4)10(5)8(6)3;1-2-4-5-3-1;;;/h1-5H3;1-5H;2*1H;. The summed E-state index contributed by atoms with van der Waals surface area (Å²) in [5.41, 5.74) is 0. The molecule has 100 valence electrons. The van der Waals surface area contributed by atoms with E-state index in [1.165, 1.54) is 21.1 Å². The Hall–Kier alpha value is 1.29. The van der Waals surface area contributed by atoms with Gasteiger partial charge in [-0.15, -0.1) is 24.8 Å². The van der Waals surface area contributed by atoms with Gasteiger partial charge in [0.05, 0.1) is 0 Å². The molecule has 0 bridgehead atoms. The summed E-state index contributed by atoms with van der Waals surface area (Å²) < 4.78 is 12.4. The number of fused-ring (bicyclic) bond motifs is 10. The van der Waals surface area contributed by atoms with Gasteiger partial charge in [-0.25, -0.2) is 0 Å². The van der Waals surface area contributed by atoms with Gasteiger partial charge in [-0.05, 0) is 0 Å². The quantitative estimate of drug-likeness (QED) is 0.468. The summed E-state index contributed by atoms with van der Waals surface area (Å²) in [4.78, 5) is 0. The van der Waals surface area contributed by atoms with E-state index in [1.54, 1.807) is 0 Å². The predicted octanol–water partition coefficient (Wildman–Crippen LogP) is 6.17. The van der Waals surface area contributed by atoms with Crippen LogP contribution in [0.1, 0.15) is 34.6 Å². The molecule has 10 saturated heterocycles. The van der Waals surface area contributed by atoms with E-state index >= 15 is 0 Å². The average molecular weight is 321 g/mol. The second kappa shape index (κ2) is 0.656. The molecule has 0 aromatic heterocycles. The third-order valence-corrected chi connectivity index (χ3v) is 98.0. The van der Waals surface area contributed by atoms with E-state index < -0.39 is 8.89 Å². The molecule has 10 fully saturated rings. The van der Waals surface area contributed by atoms with Crippen molar-refractivity contribution in [2.24, 2.45) is 0 Å². The molecule has 0 saturated carbocycles. The Bertz CT molecular complexity index is 866. The van der Waals surface area contributed by atoms with Crippen molar-refractivity contribution in [1.82, 2.24) is 0 Å². The molecule has 0 N–H and O–H groups in total. The molecule has 18 heavy (non-hydrogen) atoms.